The Balaban J connectivity index is 2.78. The van der Waals surface area contributed by atoms with Crippen molar-refractivity contribution in [2.24, 2.45) is 5.41 Å². The summed E-state index contributed by atoms with van der Waals surface area (Å²) in [5.41, 5.74) is 0.739. The lowest BCUT2D eigenvalue weighted by atomic mass is 9.97. The lowest BCUT2D eigenvalue weighted by Gasteiger charge is -2.18. The van der Waals surface area contributed by atoms with Gasteiger partial charge in [0.25, 0.3) is 0 Å². The van der Waals surface area contributed by atoms with Gasteiger partial charge >= 0.3 is 5.97 Å². The molecule has 1 aromatic rings. The van der Waals surface area contributed by atoms with Crippen molar-refractivity contribution in [3.63, 3.8) is 0 Å². The highest BCUT2D eigenvalue weighted by Gasteiger charge is 2.12. The number of nitrogens with one attached hydrogen (secondary N) is 1. The van der Waals surface area contributed by atoms with Gasteiger partial charge < -0.3 is 10.4 Å². The molecule has 0 saturated carbocycles. The first-order valence-corrected chi connectivity index (χ1v) is 5.10. The van der Waals surface area contributed by atoms with Crippen LogP contribution in [0.25, 0.3) is 0 Å². The van der Waals surface area contributed by atoms with Crippen molar-refractivity contribution in [3.05, 3.63) is 17.5 Å². The van der Waals surface area contributed by atoms with Crippen molar-refractivity contribution in [2.75, 3.05) is 11.9 Å². The molecule has 0 bridgehead atoms. The molecule has 0 fully saturated rings. The minimum atomic E-state index is -1.00. The molecular weight excluding hydrogens is 206 g/mol. The molecule has 0 saturated heterocycles. The second kappa shape index (κ2) is 4.47. The molecule has 0 unspecified atom stereocenters. The van der Waals surface area contributed by atoms with Crippen LogP contribution in [0.5, 0.6) is 0 Å². The smallest absolute Gasteiger partial charge is 0.339 e. The summed E-state index contributed by atoms with van der Waals surface area (Å²) in [5, 5.41) is 11.9. The summed E-state index contributed by atoms with van der Waals surface area (Å²) < 4.78 is 0. The monoisotopic (exact) mass is 223 g/mol. The highest BCUT2D eigenvalue weighted by atomic mass is 16.4. The van der Waals surface area contributed by atoms with Gasteiger partial charge in [0.1, 0.15) is 0 Å². The fraction of sp³-hybridized carbons (Fsp3) is 0.545. The van der Waals surface area contributed by atoms with E-state index in [0.717, 1.165) is 6.54 Å². The SMILES string of the molecule is Cc1nc(NCC(C)(C)C)ncc1C(=O)O. The van der Waals surface area contributed by atoms with Crippen molar-refractivity contribution in [2.45, 2.75) is 27.7 Å². The number of carboxylic acids is 1. The molecule has 2 N–H and O–H groups in total. The van der Waals surface area contributed by atoms with Gasteiger partial charge in [-0.05, 0) is 12.3 Å². The van der Waals surface area contributed by atoms with E-state index < -0.39 is 5.97 Å². The molecule has 0 aliphatic heterocycles. The summed E-state index contributed by atoms with van der Waals surface area (Å²) in [7, 11) is 0. The van der Waals surface area contributed by atoms with E-state index in [1.807, 2.05) is 0 Å². The van der Waals surface area contributed by atoms with Gasteiger partial charge in [-0.1, -0.05) is 20.8 Å². The summed E-state index contributed by atoms with van der Waals surface area (Å²) in [6.07, 6.45) is 1.33. The maximum atomic E-state index is 10.7. The van der Waals surface area contributed by atoms with Crippen LogP contribution in [0, 0.1) is 12.3 Å². The Kier molecular flexibility index (Phi) is 3.47. The average molecular weight is 223 g/mol. The van der Waals surface area contributed by atoms with E-state index in [-0.39, 0.29) is 11.0 Å². The first-order chi connectivity index (χ1) is 7.29. The third-order valence-electron chi connectivity index (χ3n) is 1.99. The highest BCUT2D eigenvalue weighted by molar-refractivity contribution is 5.88. The predicted molar refractivity (Wildman–Crippen MR) is 61.7 cm³/mol. The van der Waals surface area contributed by atoms with E-state index in [4.69, 9.17) is 5.11 Å². The molecule has 5 nitrogen and oxygen atoms in total. The number of carbonyl (C=O) groups is 1. The highest BCUT2D eigenvalue weighted by Crippen LogP contribution is 2.14. The fourth-order valence-corrected chi connectivity index (χ4v) is 1.11. The molecule has 0 aliphatic carbocycles. The zero-order chi connectivity index (χ0) is 12.3. The van der Waals surface area contributed by atoms with Crippen LogP contribution in [0.4, 0.5) is 5.95 Å². The van der Waals surface area contributed by atoms with Crippen LogP contribution >= 0.6 is 0 Å². The molecule has 0 amide bonds. The quantitative estimate of drug-likeness (QED) is 0.819. The minimum absolute atomic E-state index is 0.128. The maximum Gasteiger partial charge on any atom is 0.339 e. The van der Waals surface area contributed by atoms with Crippen molar-refractivity contribution < 1.29 is 9.90 Å². The number of anilines is 1. The second-order valence-electron chi connectivity index (χ2n) is 4.91. The van der Waals surface area contributed by atoms with E-state index in [2.05, 4.69) is 36.1 Å². The van der Waals surface area contributed by atoms with Gasteiger partial charge in [-0.25, -0.2) is 14.8 Å². The Bertz CT molecular complexity index is 397. The first-order valence-electron chi connectivity index (χ1n) is 5.10. The number of hydrogen-bond acceptors (Lipinski definition) is 4. The summed E-state index contributed by atoms with van der Waals surface area (Å²) in [5.74, 6) is -0.530. The molecule has 0 aliphatic rings. The molecule has 0 radical (unpaired) electrons. The first kappa shape index (κ1) is 12.4. The molecule has 1 aromatic heterocycles. The van der Waals surface area contributed by atoms with E-state index in [9.17, 15) is 4.79 Å². The predicted octanol–water partition coefficient (Wildman–Crippen LogP) is 1.94. The van der Waals surface area contributed by atoms with E-state index >= 15 is 0 Å². The van der Waals surface area contributed by atoms with Gasteiger partial charge in [-0.2, -0.15) is 0 Å². The third-order valence-corrected chi connectivity index (χ3v) is 1.99. The van der Waals surface area contributed by atoms with Gasteiger partial charge in [0.2, 0.25) is 5.95 Å². The Morgan fingerprint density at radius 2 is 2.12 bits per heavy atom. The van der Waals surface area contributed by atoms with Crippen LogP contribution in [0.3, 0.4) is 0 Å². The van der Waals surface area contributed by atoms with Crippen molar-refractivity contribution in [3.8, 4) is 0 Å². The zero-order valence-electron chi connectivity index (χ0n) is 10.0. The van der Waals surface area contributed by atoms with Crippen LogP contribution in [0.2, 0.25) is 0 Å². The molecule has 0 spiro atoms. The molecule has 16 heavy (non-hydrogen) atoms. The lowest BCUT2D eigenvalue weighted by molar-refractivity contribution is 0.0695. The average Bonchev–Trinajstić information content (AvgIpc) is 2.13. The Labute approximate surface area is 94.9 Å². The summed E-state index contributed by atoms with van der Waals surface area (Å²) in [6.45, 7) is 8.68. The number of aromatic carboxylic acids is 1. The lowest BCUT2D eigenvalue weighted by Crippen LogP contribution is -2.20. The number of nitrogens with zero attached hydrogens (tertiary/aromatic N) is 2. The van der Waals surface area contributed by atoms with Gasteiger partial charge in [-0.15, -0.1) is 0 Å². The van der Waals surface area contributed by atoms with Crippen LogP contribution in [-0.4, -0.2) is 27.6 Å². The Hall–Kier alpha value is -1.65. The molecule has 1 rings (SSSR count). The summed E-state index contributed by atoms with van der Waals surface area (Å²) >= 11 is 0. The van der Waals surface area contributed by atoms with Gasteiger partial charge in [0.05, 0.1) is 11.3 Å². The third kappa shape index (κ3) is 3.49. The Morgan fingerprint density at radius 1 is 1.50 bits per heavy atom. The number of aromatic nitrogens is 2. The van der Waals surface area contributed by atoms with Gasteiger partial charge in [-0.3, -0.25) is 0 Å². The number of carboxylic acid groups (broad SMARTS) is 1. The standard InChI is InChI=1S/C11H17N3O2/c1-7-8(9(15)16)5-12-10(14-7)13-6-11(2,3)4/h5H,6H2,1-4H3,(H,15,16)(H,12,13,14). The molecular formula is C11H17N3O2. The number of aryl methyl sites for hydroxylation is 1. The van der Waals surface area contributed by atoms with Gasteiger partial charge in [0.15, 0.2) is 0 Å². The van der Waals surface area contributed by atoms with Gasteiger partial charge in [0, 0.05) is 12.7 Å². The fourth-order valence-electron chi connectivity index (χ4n) is 1.11. The Morgan fingerprint density at radius 3 is 2.56 bits per heavy atom. The maximum absolute atomic E-state index is 10.7. The van der Waals surface area contributed by atoms with Crippen LogP contribution in [0.15, 0.2) is 6.20 Å². The molecule has 1 heterocycles. The van der Waals surface area contributed by atoms with E-state index in [0.29, 0.717) is 11.6 Å². The van der Waals surface area contributed by atoms with Crippen LogP contribution < -0.4 is 5.32 Å². The molecule has 88 valence electrons. The van der Waals surface area contributed by atoms with Crippen LogP contribution in [-0.2, 0) is 0 Å². The molecule has 0 atom stereocenters. The largest absolute Gasteiger partial charge is 0.478 e. The van der Waals surface area contributed by atoms with E-state index in [1.165, 1.54) is 6.20 Å². The minimum Gasteiger partial charge on any atom is -0.478 e. The normalized spacial score (nSPS) is 11.2. The number of hydrogen-bond donors (Lipinski definition) is 2. The summed E-state index contributed by atoms with van der Waals surface area (Å²) in [4.78, 5) is 18.8. The van der Waals surface area contributed by atoms with Crippen molar-refractivity contribution in [1.29, 1.82) is 0 Å². The molecule has 5 heteroatoms. The zero-order valence-corrected chi connectivity index (χ0v) is 10.0. The van der Waals surface area contributed by atoms with Crippen molar-refractivity contribution in [1.82, 2.24) is 9.97 Å². The molecule has 0 aromatic carbocycles. The van der Waals surface area contributed by atoms with E-state index in [1.54, 1.807) is 6.92 Å². The van der Waals surface area contributed by atoms with Crippen molar-refractivity contribution >= 4 is 11.9 Å². The number of rotatable bonds is 3. The summed E-state index contributed by atoms with van der Waals surface area (Å²) in [6, 6.07) is 0. The van der Waals surface area contributed by atoms with Crippen LogP contribution in [0.1, 0.15) is 36.8 Å². The second-order valence-corrected chi connectivity index (χ2v) is 4.91. The topological polar surface area (TPSA) is 75.1 Å².